The number of benzene rings is 1. The third-order valence-electron chi connectivity index (χ3n) is 2.05. The van der Waals surface area contributed by atoms with E-state index in [-0.39, 0.29) is 0 Å². The van der Waals surface area contributed by atoms with Crippen LogP contribution in [0.4, 0.5) is 0 Å². The van der Waals surface area contributed by atoms with Crippen molar-refractivity contribution in [3.05, 3.63) is 24.3 Å². The molecular formula is C12H18O4. The lowest BCUT2D eigenvalue weighted by molar-refractivity contribution is -0.103. The van der Waals surface area contributed by atoms with E-state index in [1.54, 1.807) is 7.11 Å². The van der Waals surface area contributed by atoms with Crippen LogP contribution in [0.1, 0.15) is 13.3 Å². The average molecular weight is 226 g/mol. The van der Waals surface area contributed by atoms with Crippen LogP contribution < -0.4 is 9.47 Å². The van der Waals surface area contributed by atoms with E-state index in [1.807, 2.05) is 31.2 Å². The van der Waals surface area contributed by atoms with Gasteiger partial charge in [-0.3, -0.25) is 0 Å². The molecule has 0 saturated carbocycles. The highest BCUT2D eigenvalue weighted by Gasteiger charge is 2.05. The van der Waals surface area contributed by atoms with Crippen molar-refractivity contribution in [3.8, 4) is 11.5 Å². The van der Waals surface area contributed by atoms with Gasteiger partial charge in [0.25, 0.3) is 0 Å². The van der Waals surface area contributed by atoms with Crippen molar-refractivity contribution in [2.24, 2.45) is 0 Å². The summed E-state index contributed by atoms with van der Waals surface area (Å²) in [5.41, 5.74) is 0. The molecule has 0 radical (unpaired) electrons. The van der Waals surface area contributed by atoms with Crippen molar-refractivity contribution in [2.45, 2.75) is 19.6 Å². The predicted octanol–water partition coefficient (Wildman–Crippen LogP) is 1.82. The number of rotatable bonds is 7. The van der Waals surface area contributed by atoms with Crippen LogP contribution in [0.2, 0.25) is 0 Å². The zero-order valence-corrected chi connectivity index (χ0v) is 9.68. The molecule has 0 aliphatic rings. The maximum Gasteiger partial charge on any atom is 0.161 e. The van der Waals surface area contributed by atoms with Gasteiger partial charge in [0, 0.05) is 13.0 Å². The number of methoxy groups -OCH3 is 1. The topological polar surface area (TPSA) is 47.9 Å². The van der Waals surface area contributed by atoms with E-state index < -0.39 is 6.29 Å². The molecule has 1 rings (SSSR count). The molecule has 0 spiro atoms. The summed E-state index contributed by atoms with van der Waals surface area (Å²) < 4.78 is 15.6. The molecule has 0 bridgehead atoms. The Morgan fingerprint density at radius 1 is 1.25 bits per heavy atom. The standard InChI is InChI=1S/C12H18O4/c1-3-15-12(13)8-9-16-11-7-5-4-6-10(11)14-2/h4-7,12-13H,3,8-9H2,1-2H3. The first-order chi connectivity index (χ1) is 7.77. The number of para-hydroxylation sites is 2. The summed E-state index contributed by atoms with van der Waals surface area (Å²) in [6.45, 7) is 2.72. The molecule has 16 heavy (non-hydrogen) atoms. The summed E-state index contributed by atoms with van der Waals surface area (Å²) in [7, 11) is 1.59. The Morgan fingerprint density at radius 2 is 1.94 bits per heavy atom. The molecule has 0 heterocycles. The molecule has 1 N–H and O–H groups in total. The van der Waals surface area contributed by atoms with E-state index in [1.165, 1.54) is 0 Å². The SMILES string of the molecule is CCOC(O)CCOc1ccccc1OC. The Kier molecular flexibility index (Phi) is 5.67. The normalized spacial score (nSPS) is 12.2. The lowest BCUT2D eigenvalue weighted by Gasteiger charge is -2.13. The zero-order chi connectivity index (χ0) is 11.8. The summed E-state index contributed by atoms with van der Waals surface area (Å²) in [4.78, 5) is 0. The number of aliphatic hydroxyl groups excluding tert-OH is 1. The van der Waals surface area contributed by atoms with Crippen LogP contribution in [0.15, 0.2) is 24.3 Å². The first-order valence-corrected chi connectivity index (χ1v) is 5.33. The molecule has 1 atom stereocenters. The van der Waals surface area contributed by atoms with Gasteiger partial charge in [-0.05, 0) is 19.1 Å². The smallest absolute Gasteiger partial charge is 0.161 e. The lowest BCUT2D eigenvalue weighted by atomic mass is 10.3. The molecule has 0 saturated heterocycles. The number of ether oxygens (including phenoxy) is 3. The summed E-state index contributed by atoms with van der Waals surface area (Å²) in [6, 6.07) is 7.40. The minimum absolute atomic E-state index is 0.390. The largest absolute Gasteiger partial charge is 0.493 e. The van der Waals surface area contributed by atoms with E-state index in [4.69, 9.17) is 14.2 Å². The van der Waals surface area contributed by atoms with Crippen molar-refractivity contribution >= 4 is 0 Å². The minimum Gasteiger partial charge on any atom is -0.493 e. The third-order valence-corrected chi connectivity index (χ3v) is 2.05. The molecule has 0 aliphatic carbocycles. The fourth-order valence-corrected chi connectivity index (χ4v) is 1.28. The molecule has 1 aromatic rings. The first kappa shape index (κ1) is 12.8. The van der Waals surface area contributed by atoms with Gasteiger partial charge in [0.1, 0.15) is 0 Å². The van der Waals surface area contributed by atoms with Gasteiger partial charge in [-0.1, -0.05) is 12.1 Å². The van der Waals surface area contributed by atoms with E-state index in [2.05, 4.69) is 0 Å². The van der Waals surface area contributed by atoms with Gasteiger partial charge in [0.2, 0.25) is 0 Å². The van der Waals surface area contributed by atoms with Crippen LogP contribution >= 0.6 is 0 Å². The van der Waals surface area contributed by atoms with Gasteiger partial charge in [0.05, 0.1) is 13.7 Å². The maximum atomic E-state index is 9.32. The number of hydrogen-bond donors (Lipinski definition) is 1. The molecule has 0 fully saturated rings. The zero-order valence-electron chi connectivity index (χ0n) is 9.68. The molecule has 4 heteroatoms. The highest BCUT2D eigenvalue weighted by Crippen LogP contribution is 2.25. The summed E-state index contributed by atoms with van der Waals surface area (Å²) >= 11 is 0. The van der Waals surface area contributed by atoms with E-state index >= 15 is 0 Å². The highest BCUT2D eigenvalue weighted by atomic mass is 16.6. The molecule has 90 valence electrons. The average Bonchev–Trinajstić information content (AvgIpc) is 2.30. The molecule has 0 aliphatic heterocycles. The minimum atomic E-state index is -0.764. The van der Waals surface area contributed by atoms with Crippen molar-refractivity contribution in [2.75, 3.05) is 20.3 Å². The van der Waals surface area contributed by atoms with E-state index in [9.17, 15) is 5.11 Å². The quantitative estimate of drug-likeness (QED) is 0.720. The van der Waals surface area contributed by atoms with Crippen LogP contribution in [0.5, 0.6) is 11.5 Å². The van der Waals surface area contributed by atoms with Gasteiger partial charge in [0.15, 0.2) is 17.8 Å². The van der Waals surface area contributed by atoms with Crippen molar-refractivity contribution in [1.29, 1.82) is 0 Å². The summed E-state index contributed by atoms with van der Waals surface area (Å²) in [5, 5.41) is 9.32. The van der Waals surface area contributed by atoms with Gasteiger partial charge in [-0.25, -0.2) is 0 Å². The summed E-state index contributed by atoms with van der Waals surface area (Å²) in [5.74, 6) is 1.36. The third kappa shape index (κ3) is 4.08. The molecular weight excluding hydrogens is 208 g/mol. The Balaban J connectivity index is 2.36. The van der Waals surface area contributed by atoms with E-state index in [0.29, 0.717) is 31.1 Å². The molecule has 1 aromatic carbocycles. The maximum absolute atomic E-state index is 9.32. The van der Waals surface area contributed by atoms with E-state index in [0.717, 1.165) is 0 Å². The monoisotopic (exact) mass is 226 g/mol. The molecule has 0 aromatic heterocycles. The molecule has 1 unspecified atom stereocenters. The summed E-state index contributed by atoms with van der Waals surface area (Å²) in [6.07, 6.45) is -0.328. The van der Waals surface area contributed by atoms with Crippen molar-refractivity contribution in [3.63, 3.8) is 0 Å². The Hall–Kier alpha value is -1.26. The molecule has 0 amide bonds. The van der Waals surface area contributed by atoms with Crippen LogP contribution in [-0.4, -0.2) is 31.7 Å². The second-order valence-corrected chi connectivity index (χ2v) is 3.20. The van der Waals surface area contributed by atoms with Crippen LogP contribution in [0, 0.1) is 0 Å². The molecule has 4 nitrogen and oxygen atoms in total. The highest BCUT2D eigenvalue weighted by molar-refractivity contribution is 5.39. The van der Waals surface area contributed by atoms with Gasteiger partial charge in [-0.15, -0.1) is 0 Å². The number of aliphatic hydroxyl groups is 1. The van der Waals surface area contributed by atoms with Crippen LogP contribution in [0.25, 0.3) is 0 Å². The van der Waals surface area contributed by atoms with Gasteiger partial charge >= 0.3 is 0 Å². The van der Waals surface area contributed by atoms with Gasteiger partial charge < -0.3 is 19.3 Å². The van der Waals surface area contributed by atoms with Gasteiger partial charge in [-0.2, -0.15) is 0 Å². The predicted molar refractivity (Wildman–Crippen MR) is 60.7 cm³/mol. The Morgan fingerprint density at radius 3 is 2.56 bits per heavy atom. The van der Waals surface area contributed by atoms with Crippen LogP contribution in [-0.2, 0) is 4.74 Å². The first-order valence-electron chi connectivity index (χ1n) is 5.33. The second kappa shape index (κ2) is 7.09. The second-order valence-electron chi connectivity index (χ2n) is 3.20. The lowest BCUT2D eigenvalue weighted by Crippen LogP contribution is -2.15. The van der Waals surface area contributed by atoms with Crippen LogP contribution in [0.3, 0.4) is 0 Å². The van der Waals surface area contributed by atoms with Crippen molar-refractivity contribution in [1.82, 2.24) is 0 Å². The number of hydrogen-bond acceptors (Lipinski definition) is 4. The fourth-order valence-electron chi connectivity index (χ4n) is 1.28. The fraction of sp³-hybridized carbons (Fsp3) is 0.500. The Labute approximate surface area is 95.8 Å². The Bertz CT molecular complexity index is 301. The van der Waals surface area contributed by atoms with Crippen molar-refractivity contribution < 1.29 is 19.3 Å².